The van der Waals surface area contributed by atoms with Crippen LogP contribution in [-0.4, -0.2) is 4.70 Å². The minimum Gasteiger partial charge on any atom is -0.0654 e. The van der Waals surface area contributed by atoms with Crippen LogP contribution in [0.15, 0.2) is 71.8 Å². The Morgan fingerprint density at radius 3 is 0.855 bits per heavy atom. The average Bonchev–Trinajstić information content (AvgIpc) is 1.61. The van der Waals surface area contributed by atoms with Crippen LogP contribution in [0, 0.1) is 11.8 Å². The SMILES string of the molecule is CCCCCCCCC#CC1=C(c2cccc(CCCC)c2)[N+](=[N-])C(c2ccc(CCCCCCCC)cc2)=C1C=CCCCCCCCCCCCCCCCCCCCCCCCCCCCC.CCCCCCCCCCCCCCCCCCCCCC[CH2][Ni][CH2]CCCCCCCCCCCCCCCCCCCCCC. The number of unbranched alkanes of at least 4 members (excludes halogenated alkanes) is 78. The average molecular weight is 1660 g/mol. The predicted octanol–water partition coefficient (Wildman–Crippen LogP) is 41.3. The van der Waals surface area contributed by atoms with E-state index in [-0.39, 0.29) is 0 Å². The van der Waals surface area contributed by atoms with Crippen molar-refractivity contribution in [2.75, 3.05) is 0 Å². The van der Waals surface area contributed by atoms with Crippen molar-refractivity contribution in [3.63, 3.8) is 0 Å². The van der Waals surface area contributed by atoms with Gasteiger partial charge in [0.25, 0.3) is 0 Å². The molecule has 0 aliphatic carbocycles. The van der Waals surface area contributed by atoms with Crippen LogP contribution in [0.3, 0.4) is 0 Å². The molecule has 0 unspecified atom stereocenters. The summed E-state index contributed by atoms with van der Waals surface area (Å²) >= 11 is 2.05. The number of nitrogens with zero attached hydrogens (tertiary/aromatic N) is 2. The molecule has 0 spiro atoms. The van der Waals surface area contributed by atoms with Crippen molar-refractivity contribution in [1.29, 1.82) is 0 Å². The standard InChI is InChI=1S/C68H110N2.2C23H47.Ni/c1-5-9-13-16-19-21-22-23-24-25-26-27-28-29-30-31-32-33-34-35-36-37-38-39-40-42-45-47-54-65-66(55-48-44-41-20-17-14-10-6-2)68(64-53-49-52-62(60-64)50-12-8-4)70(69)67(65)63-58-56-61(57-59-63)51-46-43-18-15-11-7-3;2*1-3-5-7-9-11-13-15-17-19-21-23-22-20-18-16-14-12-10-8-6-4-2;/h47,49,52-54,56-60H,5-46,50-51H2,1-4H3;2*1,3-23H2,2H3;. The molecule has 2 aromatic carbocycles. The zero-order chi connectivity index (χ0) is 83.6. The van der Waals surface area contributed by atoms with E-state index in [0.717, 1.165) is 65.8 Å². The van der Waals surface area contributed by atoms with Crippen LogP contribution in [0.4, 0.5) is 0 Å². The molecule has 0 atom stereocenters. The number of rotatable bonds is 90. The molecule has 3 rings (SSSR count). The van der Waals surface area contributed by atoms with Crippen molar-refractivity contribution < 1.29 is 19.1 Å². The molecule has 0 saturated heterocycles. The summed E-state index contributed by atoms with van der Waals surface area (Å²) in [4.78, 5) is 0. The van der Waals surface area contributed by atoms with Crippen molar-refractivity contribution in [3.8, 4) is 11.8 Å². The Hall–Kier alpha value is -2.69. The van der Waals surface area contributed by atoms with Crippen LogP contribution in [0.2, 0.25) is 10.8 Å². The normalized spacial score (nSPS) is 12.4. The Bertz CT molecular complexity index is 2490. The molecule has 1 heterocycles. The Labute approximate surface area is 741 Å². The Kier molecular flexibility index (Phi) is 85.9. The summed E-state index contributed by atoms with van der Waals surface area (Å²) in [7, 11) is 0. The van der Waals surface area contributed by atoms with Gasteiger partial charge in [0, 0.05) is 17.5 Å². The van der Waals surface area contributed by atoms with Gasteiger partial charge >= 0.3 is 166 Å². The first-order valence-electron chi connectivity index (χ1n) is 53.8. The second-order valence-corrected chi connectivity index (χ2v) is 38.8. The van der Waals surface area contributed by atoms with Gasteiger partial charge in [0.1, 0.15) is 5.57 Å². The molecule has 0 radical (unpaired) electrons. The summed E-state index contributed by atoms with van der Waals surface area (Å²) in [5.41, 5.74) is 20.9. The van der Waals surface area contributed by atoms with E-state index in [1.807, 2.05) is 0 Å². The van der Waals surface area contributed by atoms with Crippen LogP contribution in [0.1, 0.15) is 603 Å². The fourth-order valence-corrected chi connectivity index (χ4v) is 19.0. The molecule has 0 amide bonds. The van der Waals surface area contributed by atoms with Gasteiger partial charge in [-0.15, -0.1) is 0 Å². The van der Waals surface area contributed by atoms with Gasteiger partial charge in [-0.05, 0) is 80.3 Å². The molecule has 0 saturated carbocycles. The van der Waals surface area contributed by atoms with E-state index < -0.39 is 0 Å². The Morgan fingerprint density at radius 2 is 0.538 bits per heavy atom. The minimum atomic E-state index is 0.833. The quantitative estimate of drug-likeness (QED) is 0.0273. The molecule has 117 heavy (non-hydrogen) atoms. The molecule has 0 N–H and O–H groups in total. The van der Waals surface area contributed by atoms with Gasteiger partial charge in [-0.2, -0.15) is 0 Å². The molecule has 0 fully saturated rings. The fourth-order valence-electron chi connectivity index (χ4n) is 17.8. The summed E-state index contributed by atoms with van der Waals surface area (Å²) in [5.74, 6) is 7.27. The molecule has 3 heteroatoms. The third-order valence-corrected chi connectivity index (χ3v) is 27.2. The third-order valence-electron chi connectivity index (χ3n) is 25.8. The predicted molar refractivity (Wildman–Crippen MR) is 526 cm³/mol. The number of hydrogen-bond donors (Lipinski definition) is 0. The summed E-state index contributed by atoms with van der Waals surface area (Å²) < 4.78 is 1.48. The molecule has 0 aromatic heterocycles. The Morgan fingerprint density at radius 1 is 0.265 bits per heavy atom. The summed E-state index contributed by atoms with van der Waals surface area (Å²) in [5, 5.41) is 2.87. The first kappa shape index (κ1) is 110. The summed E-state index contributed by atoms with van der Waals surface area (Å²) in [6, 6.07) is 17.9. The fraction of sp³-hybridized carbons (Fsp3) is 0.825. The zero-order valence-electron chi connectivity index (χ0n) is 80.2. The van der Waals surface area contributed by atoms with E-state index in [9.17, 15) is 5.53 Å². The number of hydrogen-bond acceptors (Lipinski definition) is 0. The molecule has 1 aliphatic rings. The maximum absolute atomic E-state index is 12.3. The van der Waals surface area contributed by atoms with Crippen LogP contribution < -0.4 is 0 Å². The molecule has 1 aliphatic heterocycles. The van der Waals surface area contributed by atoms with Crippen LogP contribution in [0.25, 0.3) is 16.9 Å². The first-order chi connectivity index (χ1) is 58.1. The van der Waals surface area contributed by atoms with E-state index in [1.165, 1.54) is 547 Å². The van der Waals surface area contributed by atoms with E-state index in [1.54, 1.807) is 0 Å². The van der Waals surface area contributed by atoms with E-state index >= 15 is 0 Å². The third kappa shape index (κ3) is 70.3. The maximum atomic E-state index is 12.3. The van der Waals surface area contributed by atoms with Crippen molar-refractivity contribution in [2.24, 2.45) is 0 Å². The Balaban J connectivity index is 0.000000861. The van der Waals surface area contributed by atoms with Gasteiger partial charge in [-0.1, -0.05) is 449 Å². The molecular weight excluding hydrogens is 1460 g/mol. The van der Waals surface area contributed by atoms with Gasteiger partial charge < -0.3 is 5.53 Å². The van der Waals surface area contributed by atoms with Crippen molar-refractivity contribution in [2.45, 2.75) is 605 Å². The van der Waals surface area contributed by atoms with Gasteiger partial charge in [0.15, 0.2) is 0 Å². The van der Waals surface area contributed by atoms with E-state index in [0.29, 0.717) is 0 Å². The first-order valence-corrected chi connectivity index (χ1v) is 55.2. The second-order valence-electron chi connectivity index (χ2n) is 37.3. The molecule has 680 valence electrons. The molecule has 2 aromatic rings. The smallest absolute Gasteiger partial charge is 0.0654 e. The van der Waals surface area contributed by atoms with Crippen molar-refractivity contribution >= 4 is 11.4 Å². The van der Waals surface area contributed by atoms with E-state index in [4.69, 9.17) is 0 Å². The minimum absolute atomic E-state index is 0.833. The van der Waals surface area contributed by atoms with Gasteiger partial charge in [-0.3, -0.25) is 0 Å². The van der Waals surface area contributed by atoms with Crippen molar-refractivity contribution in [1.82, 2.24) is 0 Å². The van der Waals surface area contributed by atoms with Gasteiger partial charge in [0.2, 0.25) is 11.4 Å². The molecule has 0 bridgehead atoms. The zero-order valence-corrected chi connectivity index (χ0v) is 81.2. The summed E-state index contributed by atoms with van der Waals surface area (Å²) in [6.07, 6.45) is 126. The van der Waals surface area contributed by atoms with Gasteiger partial charge in [-0.25, -0.2) is 4.70 Å². The number of aryl methyl sites for hydroxylation is 2. The monoisotopic (exact) mass is 1660 g/mol. The van der Waals surface area contributed by atoms with Crippen LogP contribution in [-0.2, 0) is 27.3 Å². The van der Waals surface area contributed by atoms with Crippen LogP contribution in [0.5, 0.6) is 0 Å². The van der Waals surface area contributed by atoms with Gasteiger partial charge in [0.05, 0.1) is 5.57 Å². The molecule has 2 nitrogen and oxygen atoms in total. The van der Waals surface area contributed by atoms with E-state index in [2.05, 4.69) is 129 Å². The number of benzene rings is 2. The second kappa shape index (κ2) is 91.0. The molecular formula is C114H204N2Ni. The summed E-state index contributed by atoms with van der Waals surface area (Å²) in [6.45, 7) is 13.8. The topological polar surface area (TPSA) is 25.3 Å². The number of allylic oxidation sites excluding steroid dienone is 4. The van der Waals surface area contributed by atoms with Crippen molar-refractivity contribution in [3.05, 3.63) is 99.6 Å². The van der Waals surface area contributed by atoms with Crippen LogP contribution >= 0.6 is 0 Å².